The maximum Gasteiger partial charge on any atom is 0.263 e. The largest absolute Gasteiger partial charge is 0.491 e. The van der Waals surface area contributed by atoms with Crippen molar-refractivity contribution in [3.63, 3.8) is 0 Å². The number of carbonyl (C=O) groups is 1. The Hall–Kier alpha value is -3.55. The number of hydrogen-bond acceptors (Lipinski definition) is 4. The van der Waals surface area contributed by atoms with Crippen LogP contribution in [0.3, 0.4) is 0 Å². The SMILES string of the molecule is Cc1cccc(NS(=O)(=O)c2cc(C(=O)NCCOc3cccc4ccccc34)ccc2Cl)c1C. The first kappa shape index (κ1) is 24.6. The molecule has 180 valence electrons. The highest BCUT2D eigenvalue weighted by atomic mass is 35.5. The summed E-state index contributed by atoms with van der Waals surface area (Å²) in [5.41, 5.74) is 2.41. The zero-order valence-corrected chi connectivity index (χ0v) is 20.9. The molecule has 0 fully saturated rings. The van der Waals surface area contributed by atoms with Crippen molar-refractivity contribution in [1.82, 2.24) is 5.32 Å². The van der Waals surface area contributed by atoms with Gasteiger partial charge in [0.15, 0.2) is 0 Å². The van der Waals surface area contributed by atoms with E-state index in [1.807, 2.05) is 62.4 Å². The number of amides is 1. The predicted molar refractivity (Wildman–Crippen MR) is 140 cm³/mol. The normalized spacial score (nSPS) is 11.3. The van der Waals surface area contributed by atoms with Gasteiger partial charge in [0.1, 0.15) is 17.3 Å². The van der Waals surface area contributed by atoms with Crippen LogP contribution in [0.1, 0.15) is 21.5 Å². The van der Waals surface area contributed by atoms with Crippen molar-refractivity contribution in [2.75, 3.05) is 17.9 Å². The van der Waals surface area contributed by atoms with Gasteiger partial charge >= 0.3 is 0 Å². The number of halogens is 1. The Balaban J connectivity index is 1.43. The first-order chi connectivity index (χ1) is 16.8. The first-order valence-corrected chi connectivity index (χ1v) is 12.9. The lowest BCUT2D eigenvalue weighted by Gasteiger charge is -2.14. The molecule has 0 saturated carbocycles. The van der Waals surface area contributed by atoms with Crippen LogP contribution in [-0.4, -0.2) is 27.5 Å². The molecule has 0 atom stereocenters. The molecular formula is C27H25ClN2O4S. The van der Waals surface area contributed by atoms with Crippen LogP contribution >= 0.6 is 11.6 Å². The Bertz CT molecular complexity index is 1500. The van der Waals surface area contributed by atoms with Crippen molar-refractivity contribution in [1.29, 1.82) is 0 Å². The quantitative estimate of drug-likeness (QED) is 0.298. The third-order valence-electron chi connectivity index (χ3n) is 5.73. The summed E-state index contributed by atoms with van der Waals surface area (Å²) < 4.78 is 34.5. The van der Waals surface area contributed by atoms with Gasteiger partial charge in [0.2, 0.25) is 0 Å². The Morgan fingerprint density at radius 3 is 2.51 bits per heavy atom. The molecule has 4 aromatic rings. The highest BCUT2D eigenvalue weighted by Crippen LogP contribution is 2.27. The average Bonchev–Trinajstić information content (AvgIpc) is 2.84. The van der Waals surface area contributed by atoms with E-state index in [0.717, 1.165) is 27.6 Å². The monoisotopic (exact) mass is 508 g/mol. The predicted octanol–water partition coefficient (Wildman–Crippen LogP) is 5.72. The highest BCUT2D eigenvalue weighted by Gasteiger charge is 2.21. The number of benzene rings is 4. The molecule has 0 aliphatic rings. The molecule has 6 nitrogen and oxygen atoms in total. The van der Waals surface area contributed by atoms with Crippen LogP contribution in [0, 0.1) is 13.8 Å². The molecular weight excluding hydrogens is 484 g/mol. The van der Waals surface area contributed by atoms with Crippen molar-refractivity contribution in [2.45, 2.75) is 18.7 Å². The van der Waals surface area contributed by atoms with Crippen LogP contribution in [0.15, 0.2) is 83.8 Å². The van der Waals surface area contributed by atoms with E-state index in [0.29, 0.717) is 5.69 Å². The van der Waals surface area contributed by atoms with Crippen LogP contribution in [0.2, 0.25) is 5.02 Å². The highest BCUT2D eigenvalue weighted by molar-refractivity contribution is 7.92. The second kappa shape index (κ2) is 10.4. The van der Waals surface area contributed by atoms with E-state index in [1.165, 1.54) is 18.2 Å². The molecule has 0 radical (unpaired) electrons. The number of aryl methyl sites for hydroxylation is 1. The molecule has 0 aliphatic carbocycles. The molecule has 2 N–H and O–H groups in total. The van der Waals surface area contributed by atoms with Gasteiger partial charge in [0, 0.05) is 10.9 Å². The number of rotatable bonds is 8. The molecule has 0 bridgehead atoms. The fourth-order valence-electron chi connectivity index (χ4n) is 3.66. The van der Waals surface area contributed by atoms with Gasteiger partial charge in [-0.05, 0) is 60.7 Å². The molecule has 0 spiro atoms. The number of fused-ring (bicyclic) bond motifs is 1. The van der Waals surface area contributed by atoms with Gasteiger partial charge in [0.25, 0.3) is 15.9 Å². The molecule has 0 aromatic heterocycles. The van der Waals surface area contributed by atoms with E-state index >= 15 is 0 Å². The molecule has 1 amide bonds. The minimum atomic E-state index is -4.01. The van der Waals surface area contributed by atoms with E-state index in [2.05, 4.69) is 10.0 Å². The van der Waals surface area contributed by atoms with Crippen molar-refractivity contribution in [3.05, 3.63) is 101 Å². The molecule has 0 aliphatic heterocycles. The van der Waals surface area contributed by atoms with Crippen molar-refractivity contribution < 1.29 is 17.9 Å². The number of anilines is 1. The van der Waals surface area contributed by atoms with E-state index in [-0.39, 0.29) is 28.6 Å². The standard InChI is InChI=1S/C27H25ClN2O4S/c1-18-7-5-11-24(19(18)2)30-35(32,33)26-17-21(13-14-23(26)28)27(31)29-15-16-34-25-12-6-9-20-8-3-4-10-22(20)25/h3-14,17,30H,15-16H2,1-2H3,(H,29,31). The van der Waals surface area contributed by atoms with Gasteiger partial charge in [-0.15, -0.1) is 0 Å². The summed E-state index contributed by atoms with van der Waals surface area (Å²) in [6.07, 6.45) is 0. The van der Waals surface area contributed by atoms with Crippen molar-refractivity contribution in [3.8, 4) is 5.75 Å². The van der Waals surface area contributed by atoms with Crippen LogP contribution in [0.5, 0.6) is 5.75 Å². The van der Waals surface area contributed by atoms with Crippen LogP contribution in [-0.2, 0) is 10.0 Å². The van der Waals surface area contributed by atoms with E-state index in [4.69, 9.17) is 16.3 Å². The van der Waals surface area contributed by atoms with Crippen LogP contribution in [0.4, 0.5) is 5.69 Å². The number of hydrogen-bond donors (Lipinski definition) is 2. The minimum Gasteiger partial charge on any atom is -0.491 e. The summed E-state index contributed by atoms with van der Waals surface area (Å²) in [5.74, 6) is 0.307. The first-order valence-electron chi connectivity index (χ1n) is 11.0. The maximum atomic E-state index is 13.0. The molecule has 8 heteroatoms. The van der Waals surface area contributed by atoms with E-state index in [9.17, 15) is 13.2 Å². The number of carbonyl (C=O) groups excluding carboxylic acids is 1. The Labute approximate surface area is 209 Å². The molecule has 4 aromatic carbocycles. The van der Waals surface area contributed by atoms with Gasteiger partial charge in [-0.3, -0.25) is 9.52 Å². The maximum absolute atomic E-state index is 13.0. The van der Waals surface area contributed by atoms with Crippen molar-refractivity contribution >= 4 is 44.0 Å². The Morgan fingerprint density at radius 2 is 1.69 bits per heavy atom. The summed E-state index contributed by atoms with van der Waals surface area (Å²) in [6.45, 7) is 4.23. The van der Waals surface area contributed by atoms with Crippen LogP contribution < -0.4 is 14.8 Å². The van der Waals surface area contributed by atoms with Gasteiger partial charge in [-0.25, -0.2) is 8.42 Å². The smallest absolute Gasteiger partial charge is 0.263 e. The van der Waals surface area contributed by atoms with E-state index in [1.54, 1.807) is 12.1 Å². The summed E-state index contributed by atoms with van der Waals surface area (Å²) in [7, 11) is -4.01. The number of sulfonamides is 1. The van der Waals surface area contributed by atoms with Gasteiger partial charge < -0.3 is 10.1 Å². The molecule has 4 rings (SSSR count). The third kappa shape index (κ3) is 5.58. The van der Waals surface area contributed by atoms with E-state index < -0.39 is 15.9 Å². The molecule has 0 heterocycles. The topological polar surface area (TPSA) is 84.5 Å². The molecule has 35 heavy (non-hydrogen) atoms. The molecule has 0 unspecified atom stereocenters. The fourth-order valence-corrected chi connectivity index (χ4v) is 5.31. The van der Waals surface area contributed by atoms with Gasteiger partial charge in [-0.2, -0.15) is 0 Å². The number of nitrogens with one attached hydrogen (secondary N) is 2. The summed E-state index contributed by atoms with van der Waals surface area (Å²) in [6, 6.07) is 23.2. The summed E-state index contributed by atoms with van der Waals surface area (Å²) in [5, 5.41) is 4.84. The Kier molecular flexibility index (Phi) is 7.28. The van der Waals surface area contributed by atoms with Crippen LogP contribution in [0.25, 0.3) is 10.8 Å². The van der Waals surface area contributed by atoms with Crippen molar-refractivity contribution in [2.24, 2.45) is 0 Å². The second-order valence-corrected chi connectivity index (χ2v) is 10.1. The lowest BCUT2D eigenvalue weighted by Crippen LogP contribution is -2.28. The third-order valence-corrected chi connectivity index (χ3v) is 7.57. The summed E-state index contributed by atoms with van der Waals surface area (Å²) >= 11 is 6.19. The lowest BCUT2D eigenvalue weighted by molar-refractivity contribution is 0.0947. The molecule has 0 saturated heterocycles. The second-order valence-electron chi connectivity index (χ2n) is 8.08. The van der Waals surface area contributed by atoms with Gasteiger partial charge in [-0.1, -0.05) is 60.1 Å². The Morgan fingerprint density at radius 1 is 0.943 bits per heavy atom. The zero-order chi connectivity index (χ0) is 25.0. The zero-order valence-electron chi connectivity index (χ0n) is 19.3. The lowest BCUT2D eigenvalue weighted by atomic mass is 10.1. The average molecular weight is 509 g/mol. The summed E-state index contributed by atoms with van der Waals surface area (Å²) in [4.78, 5) is 12.5. The van der Waals surface area contributed by atoms with Gasteiger partial charge in [0.05, 0.1) is 17.3 Å². The number of ether oxygens (including phenoxy) is 1. The fraction of sp³-hybridized carbons (Fsp3) is 0.148. The minimum absolute atomic E-state index is 0.0265.